The summed E-state index contributed by atoms with van der Waals surface area (Å²) in [6.45, 7) is 0. The molecule has 2 saturated carbocycles. The van der Waals surface area contributed by atoms with Gasteiger partial charge in [-0.3, -0.25) is 0 Å². The highest BCUT2D eigenvalue weighted by Gasteiger charge is 2.52. The number of rotatable bonds is 4. The zero-order valence-corrected chi connectivity index (χ0v) is 30.0. The van der Waals surface area contributed by atoms with Crippen molar-refractivity contribution in [3.05, 3.63) is 155 Å². The van der Waals surface area contributed by atoms with E-state index in [0.717, 1.165) is 0 Å². The molecule has 0 bridgehead atoms. The standard InChI is InChI=1S/C49H43NS/c1-3-13-31(14-4-1)33-25-27-35-36-28-26-34(32-15-5-2-6-16-32)30-43(36)49(42(35)29-33)40-20-9-7-18-39(40)47-41(49)21-12-22-44(47)50-45-23-11-19-38-37-17-8-10-24-46(37)51-48(38)45/h7-12,17-32,50H,1-6,13-16H2. The molecule has 2 fully saturated rings. The molecule has 6 aromatic carbocycles. The van der Waals surface area contributed by atoms with Gasteiger partial charge in [-0.2, -0.15) is 0 Å². The molecule has 4 aliphatic rings. The Balaban J connectivity index is 1.15. The van der Waals surface area contributed by atoms with Crippen molar-refractivity contribution in [3.8, 4) is 22.3 Å². The van der Waals surface area contributed by atoms with Crippen molar-refractivity contribution in [2.24, 2.45) is 0 Å². The van der Waals surface area contributed by atoms with Crippen LogP contribution in [0.3, 0.4) is 0 Å². The van der Waals surface area contributed by atoms with Crippen molar-refractivity contribution in [1.29, 1.82) is 0 Å². The first-order chi connectivity index (χ1) is 25.3. The Morgan fingerprint density at radius 3 is 1.78 bits per heavy atom. The van der Waals surface area contributed by atoms with Crippen LogP contribution in [0.15, 0.2) is 121 Å². The summed E-state index contributed by atoms with van der Waals surface area (Å²) in [6.07, 6.45) is 13.4. The fraction of sp³-hybridized carbons (Fsp3) is 0.265. The Labute approximate surface area is 305 Å². The molecular formula is C49H43NS. The quantitative estimate of drug-likeness (QED) is 0.195. The molecule has 1 nitrogen and oxygen atoms in total. The van der Waals surface area contributed by atoms with E-state index in [1.54, 1.807) is 11.1 Å². The van der Waals surface area contributed by atoms with E-state index >= 15 is 0 Å². The molecule has 0 unspecified atom stereocenters. The van der Waals surface area contributed by atoms with Crippen LogP contribution in [0.2, 0.25) is 0 Å². The zero-order chi connectivity index (χ0) is 33.5. The maximum Gasteiger partial charge on any atom is 0.0726 e. The van der Waals surface area contributed by atoms with E-state index in [0.29, 0.717) is 11.8 Å². The van der Waals surface area contributed by atoms with Gasteiger partial charge >= 0.3 is 0 Å². The van der Waals surface area contributed by atoms with Gasteiger partial charge in [-0.15, -0.1) is 11.3 Å². The highest BCUT2D eigenvalue weighted by Crippen LogP contribution is 2.65. The second-order valence-electron chi connectivity index (χ2n) is 15.7. The van der Waals surface area contributed by atoms with Gasteiger partial charge < -0.3 is 5.32 Å². The summed E-state index contributed by atoms with van der Waals surface area (Å²) >= 11 is 1.89. The monoisotopic (exact) mass is 677 g/mol. The lowest BCUT2D eigenvalue weighted by Gasteiger charge is -2.32. The van der Waals surface area contributed by atoms with Gasteiger partial charge in [0.15, 0.2) is 0 Å². The second kappa shape index (κ2) is 11.7. The third kappa shape index (κ3) is 4.39. The van der Waals surface area contributed by atoms with Crippen LogP contribution in [-0.2, 0) is 5.41 Å². The molecule has 250 valence electrons. The summed E-state index contributed by atoms with van der Waals surface area (Å²) < 4.78 is 2.66. The van der Waals surface area contributed by atoms with Crippen LogP contribution in [0.25, 0.3) is 42.4 Å². The van der Waals surface area contributed by atoms with Crippen molar-refractivity contribution < 1.29 is 0 Å². The number of thiophene rings is 1. The van der Waals surface area contributed by atoms with Crippen molar-refractivity contribution in [2.75, 3.05) is 5.32 Å². The van der Waals surface area contributed by atoms with E-state index in [-0.39, 0.29) is 5.41 Å². The van der Waals surface area contributed by atoms with Gasteiger partial charge in [-0.05, 0) is 106 Å². The lowest BCUT2D eigenvalue weighted by atomic mass is 9.69. The van der Waals surface area contributed by atoms with E-state index < -0.39 is 0 Å². The molecule has 1 aromatic heterocycles. The molecule has 0 amide bonds. The third-order valence-corrected chi connectivity index (χ3v) is 14.3. The number of hydrogen-bond acceptors (Lipinski definition) is 2. The lowest BCUT2D eigenvalue weighted by molar-refractivity contribution is 0.443. The number of fused-ring (bicyclic) bond motifs is 13. The molecule has 1 heterocycles. The average Bonchev–Trinajstić information content (AvgIpc) is 3.83. The van der Waals surface area contributed by atoms with Gasteiger partial charge in [0.2, 0.25) is 0 Å². The predicted octanol–water partition coefficient (Wildman–Crippen LogP) is 14.2. The minimum atomic E-state index is -0.340. The van der Waals surface area contributed by atoms with Crippen molar-refractivity contribution in [2.45, 2.75) is 81.5 Å². The van der Waals surface area contributed by atoms with Crippen LogP contribution in [0.1, 0.15) is 109 Å². The van der Waals surface area contributed by atoms with E-state index in [1.165, 1.54) is 140 Å². The second-order valence-corrected chi connectivity index (χ2v) is 16.8. The summed E-state index contributed by atoms with van der Waals surface area (Å²) in [4.78, 5) is 0. The molecule has 0 radical (unpaired) electrons. The topological polar surface area (TPSA) is 12.0 Å². The van der Waals surface area contributed by atoms with Gasteiger partial charge in [-0.25, -0.2) is 0 Å². The Kier molecular flexibility index (Phi) is 6.88. The molecule has 1 N–H and O–H groups in total. The van der Waals surface area contributed by atoms with Crippen LogP contribution in [0, 0.1) is 0 Å². The highest BCUT2D eigenvalue weighted by atomic mass is 32.1. The fourth-order valence-electron chi connectivity index (χ4n) is 10.7. The first kappa shape index (κ1) is 30.0. The van der Waals surface area contributed by atoms with Crippen molar-refractivity contribution in [1.82, 2.24) is 0 Å². The van der Waals surface area contributed by atoms with Crippen molar-refractivity contribution in [3.63, 3.8) is 0 Å². The SMILES string of the molecule is c1ccc2c(c1)-c1c(Nc3cccc4c3sc3ccccc34)cccc1C21c2cc(C3CCCCC3)ccc2-c2ccc(C3CCCCC3)cc21. The van der Waals surface area contributed by atoms with E-state index in [1.807, 2.05) is 11.3 Å². The normalized spacial score (nSPS) is 17.8. The van der Waals surface area contributed by atoms with Crippen LogP contribution >= 0.6 is 11.3 Å². The number of nitrogens with one attached hydrogen (secondary N) is 1. The summed E-state index contributed by atoms with van der Waals surface area (Å²) in [5.74, 6) is 1.32. The van der Waals surface area contributed by atoms with Gasteiger partial charge in [-0.1, -0.05) is 142 Å². The number of anilines is 2. The van der Waals surface area contributed by atoms with E-state index in [4.69, 9.17) is 0 Å². The average molecular weight is 678 g/mol. The third-order valence-electron chi connectivity index (χ3n) is 13.1. The minimum absolute atomic E-state index is 0.340. The molecule has 7 aromatic rings. The van der Waals surface area contributed by atoms with Crippen LogP contribution in [-0.4, -0.2) is 0 Å². The van der Waals surface area contributed by atoms with Gasteiger partial charge in [0.25, 0.3) is 0 Å². The summed E-state index contributed by atoms with van der Waals surface area (Å²) in [5, 5.41) is 6.71. The lowest BCUT2D eigenvalue weighted by Crippen LogP contribution is -2.26. The molecule has 0 aliphatic heterocycles. The first-order valence-corrected chi connectivity index (χ1v) is 20.3. The molecule has 4 aliphatic carbocycles. The molecular weight excluding hydrogens is 635 g/mol. The number of benzene rings is 6. The Bertz CT molecular complexity index is 2420. The van der Waals surface area contributed by atoms with Gasteiger partial charge in [0.05, 0.1) is 15.8 Å². The smallest absolute Gasteiger partial charge is 0.0726 e. The molecule has 0 atom stereocenters. The minimum Gasteiger partial charge on any atom is -0.354 e. The molecule has 0 saturated heterocycles. The molecule has 2 heteroatoms. The predicted molar refractivity (Wildman–Crippen MR) is 217 cm³/mol. The Morgan fingerprint density at radius 1 is 0.471 bits per heavy atom. The van der Waals surface area contributed by atoms with Gasteiger partial charge in [0, 0.05) is 26.7 Å². The van der Waals surface area contributed by atoms with Crippen molar-refractivity contribution >= 4 is 42.9 Å². The van der Waals surface area contributed by atoms with Gasteiger partial charge in [0.1, 0.15) is 0 Å². The Hall–Kier alpha value is -4.66. The maximum atomic E-state index is 4.04. The first-order valence-electron chi connectivity index (χ1n) is 19.5. The van der Waals surface area contributed by atoms with E-state index in [9.17, 15) is 0 Å². The number of hydrogen-bond donors (Lipinski definition) is 1. The molecule has 11 rings (SSSR count). The fourth-order valence-corrected chi connectivity index (χ4v) is 11.9. The van der Waals surface area contributed by atoms with Crippen LogP contribution < -0.4 is 5.32 Å². The largest absolute Gasteiger partial charge is 0.354 e. The maximum absolute atomic E-state index is 4.04. The zero-order valence-electron chi connectivity index (χ0n) is 29.2. The summed E-state index contributed by atoms with van der Waals surface area (Å²) in [7, 11) is 0. The highest BCUT2D eigenvalue weighted by molar-refractivity contribution is 7.26. The summed E-state index contributed by atoms with van der Waals surface area (Å²) in [6, 6.07) is 47.3. The van der Waals surface area contributed by atoms with E-state index in [2.05, 4.69) is 127 Å². The van der Waals surface area contributed by atoms with Crippen LogP contribution in [0.4, 0.5) is 11.4 Å². The Morgan fingerprint density at radius 2 is 1.06 bits per heavy atom. The van der Waals surface area contributed by atoms with Crippen LogP contribution in [0.5, 0.6) is 0 Å². The summed E-state index contributed by atoms with van der Waals surface area (Å²) in [5.41, 5.74) is 16.6. The molecule has 51 heavy (non-hydrogen) atoms. The molecule has 1 spiro atoms.